The molecule has 0 bridgehead atoms. The molecule has 2 aromatic rings. The number of hydrogen-bond donors (Lipinski definition) is 0. The largest absolute Gasteiger partial charge is 0.281 e. The molecule has 0 saturated carbocycles. The summed E-state index contributed by atoms with van der Waals surface area (Å²) in [7, 11) is 0. The van der Waals surface area contributed by atoms with Crippen molar-refractivity contribution in [3.63, 3.8) is 0 Å². The number of carbonyl (C=O) groups is 1. The first-order valence-electron chi connectivity index (χ1n) is 7.85. The molecule has 1 unspecified atom stereocenters. The van der Waals surface area contributed by atoms with Crippen molar-refractivity contribution in [3.8, 4) is 0 Å². The van der Waals surface area contributed by atoms with E-state index in [2.05, 4.69) is 0 Å². The van der Waals surface area contributed by atoms with E-state index in [9.17, 15) is 9.18 Å². The smallest absolute Gasteiger partial charge is 0.234 e. The number of halogens is 2. The van der Waals surface area contributed by atoms with E-state index < -0.39 is 0 Å². The van der Waals surface area contributed by atoms with Crippen LogP contribution in [0, 0.1) is 18.7 Å². The minimum absolute atomic E-state index is 0.0677. The first-order valence-corrected chi connectivity index (χ1v) is 8.38. The molecule has 23 heavy (non-hydrogen) atoms. The van der Waals surface area contributed by atoms with Crippen molar-refractivity contribution >= 4 is 28.9 Å². The van der Waals surface area contributed by atoms with E-state index in [0.29, 0.717) is 12.3 Å². The van der Waals surface area contributed by atoms with Gasteiger partial charge in [0.15, 0.2) is 0 Å². The van der Waals surface area contributed by atoms with E-state index in [1.54, 1.807) is 11.0 Å². The molecule has 1 atom stereocenters. The molecule has 0 fully saturated rings. The number of benzene rings is 2. The highest BCUT2D eigenvalue weighted by Gasteiger charge is 2.33. The fourth-order valence-electron chi connectivity index (χ4n) is 3.10. The van der Waals surface area contributed by atoms with Crippen LogP contribution in [0.2, 0.25) is 0 Å². The monoisotopic (exact) mass is 331 g/mol. The van der Waals surface area contributed by atoms with Crippen molar-refractivity contribution in [2.75, 3.05) is 10.8 Å². The Balaban J connectivity index is 2.04. The lowest BCUT2D eigenvalue weighted by molar-refractivity contribution is -0.122. The van der Waals surface area contributed by atoms with Crippen LogP contribution < -0.4 is 4.90 Å². The van der Waals surface area contributed by atoms with Gasteiger partial charge in [-0.25, -0.2) is 4.39 Å². The van der Waals surface area contributed by atoms with Crippen LogP contribution in [0.5, 0.6) is 0 Å². The maximum absolute atomic E-state index is 13.6. The highest BCUT2D eigenvalue weighted by molar-refractivity contribution is 6.17. The van der Waals surface area contributed by atoms with Crippen LogP contribution in [0.15, 0.2) is 42.5 Å². The summed E-state index contributed by atoms with van der Waals surface area (Å²) in [6.07, 6.45) is 2.08. The number of carbonyl (C=O) groups excluding carboxylic acids is 1. The lowest BCUT2D eigenvalue weighted by atomic mass is 9.88. The first kappa shape index (κ1) is 16.0. The molecule has 0 saturated heterocycles. The van der Waals surface area contributed by atoms with Crippen molar-refractivity contribution in [2.24, 2.45) is 5.92 Å². The van der Waals surface area contributed by atoms with Crippen LogP contribution in [0.3, 0.4) is 0 Å². The van der Waals surface area contributed by atoms with Crippen LogP contribution in [-0.4, -0.2) is 11.8 Å². The summed E-state index contributed by atoms with van der Waals surface area (Å²) in [4.78, 5) is 14.7. The molecule has 2 aromatic carbocycles. The highest BCUT2D eigenvalue weighted by atomic mass is 35.5. The van der Waals surface area contributed by atoms with Crippen molar-refractivity contribution < 1.29 is 9.18 Å². The predicted molar refractivity (Wildman–Crippen MR) is 91.9 cm³/mol. The summed E-state index contributed by atoms with van der Waals surface area (Å²) in [6.45, 7) is 2.01. The van der Waals surface area contributed by atoms with Crippen LogP contribution in [0.25, 0.3) is 0 Å². The molecule has 0 spiro atoms. The fourth-order valence-corrected chi connectivity index (χ4v) is 3.25. The number of aryl methyl sites for hydroxylation is 1. The minimum Gasteiger partial charge on any atom is -0.281 e. The summed E-state index contributed by atoms with van der Waals surface area (Å²) < 4.78 is 13.6. The van der Waals surface area contributed by atoms with E-state index in [1.165, 1.54) is 12.1 Å². The van der Waals surface area contributed by atoms with Gasteiger partial charge in [-0.1, -0.05) is 17.7 Å². The second kappa shape index (κ2) is 6.71. The Hall–Kier alpha value is -1.87. The third-order valence-corrected chi connectivity index (χ3v) is 4.56. The van der Waals surface area contributed by atoms with Gasteiger partial charge in [-0.2, -0.15) is 0 Å². The summed E-state index contributed by atoms with van der Waals surface area (Å²) >= 11 is 5.78. The fraction of sp³-hybridized carbons (Fsp3) is 0.316. The van der Waals surface area contributed by atoms with Crippen molar-refractivity contribution in [1.29, 1.82) is 0 Å². The average Bonchev–Trinajstić information content (AvgIpc) is 2.54. The standard InChI is InChI=1S/C19H19ClFNO/c1-13-4-7-17(8-5-13)22-18-9-6-16(21)12-15(18)11-14(19(22)23)3-2-10-20/h4-9,12,14H,2-3,10-11H2,1H3. The maximum Gasteiger partial charge on any atom is 0.234 e. The molecule has 3 rings (SSSR count). The number of rotatable bonds is 4. The molecule has 1 heterocycles. The van der Waals surface area contributed by atoms with Gasteiger partial charge in [-0.3, -0.25) is 9.69 Å². The van der Waals surface area contributed by atoms with Gasteiger partial charge < -0.3 is 0 Å². The Labute approximate surface area is 140 Å². The molecule has 1 aliphatic rings. The number of nitrogens with zero attached hydrogens (tertiary/aromatic N) is 1. The van der Waals surface area contributed by atoms with E-state index in [1.807, 2.05) is 31.2 Å². The van der Waals surface area contributed by atoms with Crippen LogP contribution in [0.1, 0.15) is 24.0 Å². The lowest BCUT2D eigenvalue weighted by Gasteiger charge is -2.34. The van der Waals surface area contributed by atoms with E-state index in [0.717, 1.165) is 35.3 Å². The quantitative estimate of drug-likeness (QED) is 0.723. The first-order chi connectivity index (χ1) is 11.1. The third kappa shape index (κ3) is 3.25. The molecule has 0 radical (unpaired) electrons. The van der Waals surface area contributed by atoms with Crippen molar-refractivity contribution in [2.45, 2.75) is 26.2 Å². The third-order valence-electron chi connectivity index (χ3n) is 4.30. The molecule has 0 aliphatic carbocycles. The van der Waals surface area contributed by atoms with Gasteiger partial charge in [-0.05, 0) is 62.1 Å². The van der Waals surface area contributed by atoms with Crippen LogP contribution in [-0.2, 0) is 11.2 Å². The normalized spacial score (nSPS) is 17.3. The maximum atomic E-state index is 13.6. The SMILES string of the molecule is Cc1ccc(N2C(=O)C(CCCCl)Cc3cc(F)ccc32)cc1. The zero-order chi connectivity index (χ0) is 16.4. The molecular weight excluding hydrogens is 313 g/mol. The summed E-state index contributed by atoms with van der Waals surface area (Å²) in [5.74, 6) is 0.185. The molecular formula is C19H19ClFNO. The Morgan fingerprint density at radius 3 is 2.65 bits per heavy atom. The molecule has 0 aromatic heterocycles. The predicted octanol–water partition coefficient (Wildman–Crippen LogP) is 4.99. The van der Waals surface area contributed by atoms with Gasteiger partial charge >= 0.3 is 0 Å². The summed E-state index contributed by atoms with van der Waals surface area (Å²) in [5.41, 5.74) is 3.62. The minimum atomic E-state index is -0.266. The van der Waals surface area contributed by atoms with E-state index in [4.69, 9.17) is 11.6 Å². The van der Waals surface area contributed by atoms with Gasteiger partial charge in [0, 0.05) is 17.5 Å². The molecule has 1 amide bonds. The average molecular weight is 332 g/mol. The van der Waals surface area contributed by atoms with Gasteiger partial charge in [-0.15, -0.1) is 11.6 Å². The molecule has 1 aliphatic heterocycles. The molecule has 120 valence electrons. The Morgan fingerprint density at radius 2 is 1.96 bits per heavy atom. The number of hydrogen-bond acceptors (Lipinski definition) is 1. The van der Waals surface area contributed by atoms with Crippen LogP contribution in [0.4, 0.5) is 15.8 Å². The highest BCUT2D eigenvalue weighted by Crippen LogP contribution is 2.38. The Bertz CT molecular complexity index is 714. The Morgan fingerprint density at radius 1 is 1.22 bits per heavy atom. The molecule has 0 N–H and O–H groups in total. The van der Waals surface area contributed by atoms with Gasteiger partial charge in [0.2, 0.25) is 5.91 Å². The summed E-state index contributed by atoms with van der Waals surface area (Å²) in [5, 5.41) is 0. The number of amides is 1. The lowest BCUT2D eigenvalue weighted by Crippen LogP contribution is -2.38. The van der Waals surface area contributed by atoms with Crippen LogP contribution >= 0.6 is 11.6 Å². The van der Waals surface area contributed by atoms with Gasteiger partial charge in [0.25, 0.3) is 0 Å². The van der Waals surface area contributed by atoms with Crippen molar-refractivity contribution in [3.05, 3.63) is 59.4 Å². The van der Waals surface area contributed by atoms with E-state index >= 15 is 0 Å². The second-order valence-corrected chi connectivity index (χ2v) is 6.39. The zero-order valence-corrected chi connectivity index (χ0v) is 13.8. The number of fused-ring (bicyclic) bond motifs is 1. The van der Waals surface area contributed by atoms with Gasteiger partial charge in [0.1, 0.15) is 5.82 Å². The van der Waals surface area contributed by atoms with Gasteiger partial charge in [0.05, 0.1) is 5.69 Å². The van der Waals surface area contributed by atoms with E-state index in [-0.39, 0.29) is 17.6 Å². The molecule has 4 heteroatoms. The second-order valence-electron chi connectivity index (χ2n) is 6.01. The topological polar surface area (TPSA) is 20.3 Å². The summed E-state index contributed by atoms with van der Waals surface area (Å²) in [6, 6.07) is 12.5. The Kier molecular flexibility index (Phi) is 4.67. The number of alkyl halides is 1. The number of anilines is 2. The molecule has 2 nitrogen and oxygen atoms in total. The zero-order valence-electron chi connectivity index (χ0n) is 13.1. The van der Waals surface area contributed by atoms with Crippen molar-refractivity contribution in [1.82, 2.24) is 0 Å².